The van der Waals surface area contributed by atoms with Crippen LogP contribution in [-0.4, -0.2) is 37.3 Å². The molecule has 2 aromatic carbocycles. The number of rotatable bonds is 7. The van der Waals surface area contributed by atoms with E-state index in [2.05, 4.69) is 10.0 Å². The summed E-state index contributed by atoms with van der Waals surface area (Å²) in [5.41, 5.74) is 11.1. The van der Waals surface area contributed by atoms with Gasteiger partial charge in [-0.05, 0) is 16.7 Å². The molecule has 2 aliphatic rings. The minimum Gasteiger partial charge on any atom is -0.370 e. The van der Waals surface area contributed by atoms with Gasteiger partial charge in [0.25, 0.3) is 0 Å². The van der Waals surface area contributed by atoms with Crippen molar-refractivity contribution in [2.45, 2.75) is 43.9 Å². The van der Waals surface area contributed by atoms with E-state index >= 15 is 0 Å². The standard InChI is InChI=1S/C20H21N3O4/c21-23-22-17-19(25-12-15-9-5-2-6-10-15)18(16-13-26-20(17)27-16)24-11-14-7-3-1-4-8-14/h1-10,16-20H,11-13H2/t16-,17-,18+,19+,20-/m0/s1. The van der Waals surface area contributed by atoms with Gasteiger partial charge in [0.2, 0.25) is 0 Å². The molecule has 7 nitrogen and oxygen atoms in total. The van der Waals surface area contributed by atoms with E-state index in [0.29, 0.717) is 19.8 Å². The van der Waals surface area contributed by atoms with E-state index in [0.717, 1.165) is 11.1 Å². The Hall–Kier alpha value is -2.41. The topological polar surface area (TPSA) is 85.7 Å². The van der Waals surface area contributed by atoms with Crippen molar-refractivity contribution in [2.24, 2.45) is 5.11 Å². The summed E-state index contributed by atoms with van der Waals surface area (Å²) in [6.07, 6.45) is -1.67. The van der Waals surface area contributed by atoms with Crippen molar-refractivity contribution in [3.63, 3.8) is 0 Å². The predicted molar refractivity (Wildman–Crippen MR) is 97.6 cm³/mol. The van der Waals surface area contributed by atoms with Crippen molar-refractivity contribution in [2.75, 3.05) is 6.61 Å². The van der Waals surface area contributed by atoms with Crippen molar-refractivity contribution in [3.8, 4) is 0 Å². The smallest absolute Gasteiger partial charge is 0.169 e. The second-order valence-corrected chi connectivity index (χ2v) is 6.59. The lowest BCUT2D eigenvalue weighted by Crippen LogP contribution is -2.55. The van der Waals surface area contributed by atoms with Crippen LogP contribution in [0.4, 0.5) is 0 Å². The number of ether oxygens (including phenoxy) is 4. The largest absolute Gasteiger partial charge is 0.370 e. The first-order valence-corrected chi connectivity index (χ1v) is 8.97. The van der Waals surface area contributed by atoms with Gasteiger partial charge < -0.3 is 18.9 Å². The second-order valence-electron chi connectivity index (χ2n) is 6.59. The summed E-state index contributed by atoms with van der Waals surface area (Å²) in [4.78, 5) is 2.96. The molecule has 2 heterocycles. The fraction of sp³-hybridized carbons (Fsp3) is 0.400. The molecule has 2 fully saturated rings. The summed E-state index contributed by atoms with van der Waals surface area (Å²) >= 11 is 0. The number of benzene rings is 2. The van der Waals surface area contributed by atoms with Crippen LogP contribution in [0.3, 0.4) is 0 Å². The minimum atomic E-state index is -0.599. The molecule has 4 rings (SSSR count). The maximum absolute atomic E-state index is 8.99. The van der Waals surface area contributed by atoms with Crippen LogP contribution in [0, 0.1) is 0 Å². The Balaban J connectivity index is 1.52. The molecule has 0 unspecified atom stereocenters. The number of azide groups is 1. The summed E-state index contributed by atoms with van der Waals surface area (Å²) in [5, 5.41) is 3.89. The molecule has 0 aromatic heterocycles. The Bertz CT molecular complexity index is 782. The number of hydrogen-bond acceptors (Lipinski definition) is 5. The molecule has 2 aromatic rings. The second kappa shape index (κ2) is 8.52. The number of nitrogens with zero attached hydrogens (tertiary/aromatic N) is 3. The van der Waals surface area contributed by atoms with Crippen LogP contribution in [0.1, 0.15) is 11.1 Å². The molecule has 0 N–H and O–H groups in total. The number of fused-ring (bicyclic) bond motifs is 2. The lowest BCUT2D eigenvalue weighted by atomic mass is 9.98. The van der Waals surface area contributed by atoms with Gasteiger partial charge in [-0.2, -0.15) is 0 Å². The van der Waals surface area contributed by atoms with E-state index < -0.39 is 18.4 Å². The average molecular weight is 367 g/mol. The Labute approximate surface area is 157 Å². The molecule has 2 aliphatic heterocycles. The molecule has 7 heteroatoms. The summed E-state index contributed by atoms with van der Waals surface area (Å²) in [7, 11) is 0. The first kappa shape index (κ1) is 18.0. The van der Waals surface area contributed by atoms with E-state index in [1.165, 1.54) is 0 Å². The van der Waals surface area contributed by atoms with Gasteiger partial charge in [0.1, 0.15) is 24.4 Å². The monoisotopic (exact) mass is 367 g/mol. The Morgan fingerprint density at radius 2 is 1.52 bits per heavy atom. The van der Waals surface area contributed by atoms with Gasteiger partial charge in [-0.25, -0.2) is 0 Å². The molecule has 0 saturated carbocycles. The Morgan fingerprint density at radius 1 is 0.926 bits per heavy atom. The van der Waals surface area contributed by atoms with E-state index in [1.807, 2.05) is 60.7 Å². The third kappa shape index (κ3) is 4.13. The van der Waals surface area contributed by atoms with E-state index in [9.17, 15) is 0 Å². The van der Waals surface area contributed by atoms with Gasteiger partial charge in [-0.3, -0.25) is 0 Å². The number of hydrogen-bond donors (Lipinski definition) is 0. The normalized spacial score (nSPS) is 29.3. The van der Waals surface area contributed by atoms with Crippen LogP contribution >= 0.6 is 0 Å². The first-order chi connectivity index (χ1) is 13.3. The van der Waals surface area contributed by atoms with Crippen molar-refractivity contribution < 1.29 is 18.9 Å². The molecule has 140 valence electrons. The van der Waals surface area contributed by atoms with E-state index in [-0.39, 0.29) is 12.2 Å². The minimum absolute atomic E-state index is 0.246. The molecular formula is C20H21N3O4. The fourth-order valence-corrected chi connectivity index (χ4v) is 3.46. The van der Waals surface area contributed by atoms with Crippen molar-refractivity contribution in [3.05, 3.63) is 82.2 Å². The van der Waals surface area contributed by atoms with Crippen molar-refractivity contribution in [1.82, 2.24) is 0 Å². The third-order valence-corrected chi connectivity index (χ3v) is 4.79. The summed E-state index contributed by atoms with van der Waals surface area (Å²) in [5.74, 6) is 0. The molecule has 0 spiro atoms. The summed E-state index contributed by atoms with van der Waals surface area (Å²) < 4.78 is 23.8. The molecule has 2 saturated heterocycles. The van der Waals surface area contributed by atoms with Crippen LogP contribution in [0.5, 0.6) is 0 Å². The highest BCUT2D eigenvalue weighted by atomic mass is 16.7. The molecule has 2 bridgehead atoms. The SMILES string of the molecule is [N-]=[N+]=N[C@@H]1[C@H]2OC[C@H](O2)[C@@H](OCc2ccccc2)[C@@H]1OCc1ccccc1. The lowest BCUT2D eigenvalue weighted by molar-refractivity contribution is -0.211. The Morgan fingerprint density at radius 3 is 2.11 bits per heavy atom. The molecule has 0 aliphatic carbocycles. The highest BCUT2D eigenvalue weighted by molar-refractivity contribution is 5.15. The van der Waals surface area contributed by atoms with Crippen LogP contribution in [-0.2, 0) is 32.2 Å². The summed E-state index contributed by atoms with van der Waals surface area (Å²) in [6, 6.07) is 19.2. The van der Waals surface area contributed by atoms with Gasteiger partial charge >= 0.3 is 0 Å². The Kier molecular flexibility index (Phi) is 5.67. The highest BCUT2D eigenvalue weighted by Gasteiger charge is 2.51. The van der Waals surface area contributed by atoms with Gasteiger partial charge in [0.15, 0.2) is 6.29 Å². The first-order valence-electron chi connectivity index (χ1n) is 8.97. The fourth-order valence-electron chi connectivity index (χ4n) is 3.46. The van der Waals surface area contributed by atoms with Gasteiger partial charge in [-0.1, -0.05) is 65.8 Å². The molecular weight excluding hydrogens is 346 g/mol. The molecule has 0 amide bonds. The quantitative estimate of drug-likeness (QED) is 0.425. The van der Waals surface area contributed by atoms with Crippen LogP contribution in [0.25, 0.3) is 10.4 Å². The maximum atomic E-state index is 8.99. The van der Waals surface area contributed by atoms with Crippen molar-refractivity contribution in [1.29, 1.82) is 0 Å². The van der Waals surface area contributed by atoms with Gasteiger partial charge in [0.05, 0.1) is 19.8 Å². The highest BCUT2D eigenvalue weighted by Crippen LogP contribution is 2.34. The maximum Gasteiger partial charge on any atom is 0.169 e. The van der Waals surface area contributed by atoms with Gasteiger partial charge in [-0.15, -0.1) is 0 Å². The van der Waals surface area contributed by atoms with Crippen molar-refractivity contribution >= 4 is 0 Å². The molecule has 27 heavy (non-hydrogen) atoms. The zero-order valence-corrected chi connectivity index (χ0v) is 14.8. The average Bonchev–Trinajstić information content (AvgIpc) is 3.15. The lowest BCUT2D eigenvalue weighted by Gasteiger charge is -2.38. The zero-order valence-electron chi connectivity index (χ0n) is 14.8. The zero-order chi connectivity index (χ0) is 18.5. The molecule has 5 atom stereocenters. The van der Waals surface area contributed by atoms with Crippen LogP contribution in [0.2, 0.25) is 0 Å². The van der Waals surface area contributed by atoms with Crippen LogP contribution < -0.4 is 0 Å². The van der Waals surface area contributed by atoms with E-state index in [1.54, 1.807) is 0 Å². The summed E-state index contributed by atoms with van der Waals surface area (Å²) in [6.45, 7) is 1.21. The van der Waals surface area contributed by atoms with E-state index in [4.69, 9.17) is 24.5 Å². The third-order valence-electron chi connectivity index (χ3n) is 4.79. The molecule has 0 radical (unpaired) electrons. The predicted octanol–water partition coefficient (Wildman–Crippen LogP) is 3.59. The van der Waals surface area contributed by atoms with Gasteiger partial charge in [0, 0.05) is 4.91 Å². The van der Waals surface area contributed by atoms with Crippen LogP contribution in [0.15, 0.2) is 65.8 Å².